The van der Waals surface area contributed by atoms with Crippen molar-refractivity contribution in [2.45, 2.75) is 30.7 Å². The van der Waals surface area contributed by atoms with Crippen LogP contribution in [-0.4, -0.2) is 74.9 Å². The molecule has 10 heteroatoms. The predicted octanol–water partition coefficient (Wildman–Crippen LogP) is 3.36. The second kappa shape index (κ2) is 8.83. The zero-order valence-corrected chi connectivity index (χ0v) is 21.2. The number of amides is 1. The van der Waals surface area contributed by atoms with Crippen molar-refractivity contribution < 1.29 is 17.9 Å². The van der Waals surface area contributed by atoms with E-state index < -0.39 is 10.0 Å². The summed E-state index contributed by atoms with van der Waals surface area (Å²) in [5, 5.41) is 0.934. The number of ether oxygens (including phenoxy) is 1. The molecule has 1 aromatic heterocycles. The standard InChI is InChI=1S/C24H28N4O4S2/c1-16-4-11-20(32-3)21-22(16)33-24(25-21)28-14-12-27(13-15-28)23(29)17-5-9-19(10-6-17)34(30,31)26(2)18-7-8-18/h4-6,9-11,18H,7-8,12-15H2,1-3H3. The van der Waals surface area contributed by atoms with E-state index >= 15 is 0 Å². The quantitative estimate of drug-likeness (QED) is 0.516. The highest BCUT2D eigenvalue weighted by molar-refractivity contribution is 7.89. The van der Waals surface area contributed by atoms with Crippen LogP contribution in [0.25, 0.3) is 10.2 Å². The maximum Gasteiger partial charge on any atom is 0.253 e. The number of thiazole rings is 1. The number of aryl methyl sites for hydroxylation is 1. The lowest BCUT2D eigenvalue weighted by Crippen LogP contribution is -2.48. The van der Waals surface area contributed by atoms with Gasteiger partial charge in [0.15, 0.2) is 5.13 Å². The van der Waals surface area contributed by atoms with Crippen LogP contribution in [0.3, 0.4) is 0 Å². The normalized spacial score (nSPS) is 16.9. The Morgan fingerprint density at radius 2 is 1.76 bits per heavy atom. The molecule has 3 aromatic rings. The molecule has 0 bridgehead atoms. The van der Waals surface area contributed by atoms with Gasteiger partial charge < -0.3 is 14.5 Å². The molecule has 0 unspecified atom stereocenters. The van der Waals surface area contributed by atoms with Crippen LogP contribution in [0.15, 0.2) is 41.3 Å². The molecule has 5 rings (SSSR count). The molecule has 0 radical (unpaired) electrons. The van der Waals surface area contributed by atoms with E-state index in [1.807, 2.05) is 17.0 Å². The van der Waals surface area contributed by atoms with Gasteiger partial charge in [0.05, 0.1) is 16.7 Å². The van der Waals surface area contributed by atoms with E-state index in [0.717, 1.165) is 33.9 Å². The zero-order chi connectivity index (χ0) is 24.0. The number of methoxy groups -OCH3 is 1. The molecule has 1 aliphatic carbocycles. The van der Waals surface area contributed by atoms with Gasteiger partial charge in [0, 0.05) is 44.8 Å². The summed E-state index contributed by atoms with van der Waals surface area (Å²) < 4.78 is 33.4. The third kappa shape index (κ3) is 4.14. The molecular formula is C24H28N4O4S2. The number of carbonyl (C=O) groups is 1. The van der Waals surface area contributed by atoms with Crippen molar-refractivity contribution in [1.82, 2.24) is 14.2 Å². The van der Waals surface area contributed by atoms with Crippen LogP contribution in [0.1, 0.15) is 28.8 Å². The summed E-state index contributed by atoms with van der Waals surface area (Å²) in [5.74, 6) is 0.687. The molecule has 1 aliphatic heterocycles. The summed E-state index contributed by atoms with van der Waals surface area (Å²) in [6, 6.07) is 10.4. The lowest BCUT2D eigenvalue weighted by Gasteiger charge is -2.34. The number of hydrogen-bond donors (Lipinski definition) is 0. The predicted molar refractivity (Wildman–Crippen MR) is 133 cm³/mol. The van der Waals surface area contributed by atoms with Gasteiger partial charge in [0.1, 0.15) is 11.3 Å². The van der Waals surface area contributed by atoms with E-state index in [4.69, 9.17) is 9.72 Å². The smallest absolute Gasteiger partial charge is 0.253 e. The van der Waals surface area contributed by atoms with Crippen molar-refractivity contribution in [2.75, 3.05) is 45.2 Å². The van der Waals surface area contributed by atoms with Crippen LogP contribution in [0.5, 0.6) is 5.75 Å². The fraction of sp³-hybridized carbons (Fsp3) is 0.417. The van der Waals surface area contributed by atoms with Crippen molar-refractivity contribution in [3.05, 3.63) is 47.5 Å². The van der Waals surface area contributed by atoms with Gasteiger partial charge in [-0.15, -0.1) is 0 Å². The zero-order valence-electron chi connectivity index (χ0n) is 19.5. The van der Waals surface area contributed by atoms with Crippen molar-refractivity contribution in [2.24, 2.45) is 0 Å². The fourth-order valence-electron chi connectivity index (χ4n) is 4.25. The van der Waals surface area contributed by atoms with Crippen LogP contribution in [0.2, 0.25) is 0 Å². The molecule has 1 saturated heterocycles. The number of hydrogen-bond acceptors (Lipinski definition) is 7. The van der Waals surface area contributed by atoms with Crippen LogP contribution < -0.4 is 9.64 Å². The SMILES string of the molecule is COc1ccc(C)c2sc(N3CCN(C(=O)c4ccc(S(=O)(=O)N(C)C5CC5)cc4)CC3)nc12. The molecule has 0 atom stereocenters. The Morgan fingerprint density at radius 1 is 1.09 bits per heavy atom. The lowest BCUT2D eigenvalue weighted by atomic mass is 10.2. The van der Waals surface area contributed by atoms with E-state index in [9.17, 15) is 13.2 Å². The number of benzene rings is 2. The summed E-state index contributed by atoms with van der Waals surface area (Å²) in [6.07, 6.45) is 1.81. The van der Waals surface area contributed by atoms with Crippen molar-refractivity contribution in [3.8, 4) is 5.75 Å². The van der Waals surface area contributed by atoms with E-state index in [0.29, 0.717) is 31.7 Å². The van der Waals surface area contributed by atoms with Crippen LogP contribution in [0, 0.1) is 6.92 Å². The molecule has 2 aromatic carbocycles. The number of piperazine rings is 1. The Balaban J connectivity index is 1.26. The van der Waals surface area contributed by atoms with Gasteiger partial charge >= 0.3 is 0 Å². The third-order valence-electron chi connectivity index (χ3n) is 6.59. The van der Waals surface area contributed by atoms with Gasteiger partial charge in [-0.2, -0.15) is 4.31 Å². The largest absolute Gasteiger partial charge is 0.494 e. The number of rotatable bonds is 6. The molecule has 1 saturated carbocycles. The average Bonchev–Trinajstić information content (AvgIpc) is 3.61. The second-order valence-corrected chi connectivity index (χ2v) is 11.8. The van der Waals surface area contributed by atoms with Gasteiger partial charge in [-0.25, -0.2) is 13.4 Å². The van der Waals surface area contributed by atoms with Crippen molar-refractivity contribution >= 4 is 42.6 Å². The minimum atomic E-state index is -3.51. The highest BCUT2D eigenvalue weighted by Gasteiger charge is 2.35. The maximum atomic E-state index is 13.0. The molecular weight excluding hydrogens is 472 g/mol. The van der Waals surface area contributed by atoms with Gasteiger partial charge in [-0.05, 0) is 55.7 Å². The summed E-state index contributed by atoms with van der Waals surface area (Å²) in [5.41, 5.74) is 2.55. The summed E-state index contributed by atoms with van der Waals surface area (Å²) in [6.45, 7) is 4.60. The van der Waals surface area contributed by atoms with Crippen LogP contribution in [-0.2, 0) is 10.0 Å². The first kappa shape index (κ1) is 23.1. The van der Waals surface area contributed by atoms with E-state index in [1.54, 1.807) is 37.6 Å². The minimum Gasteiger partial charge on any atom is -0.494 e. The van der Waals surface area contributed by atoms with Crippen LogP contribution >= 0.6 is 11.3 Å². The van der Waals surface area contributed by atoms with Gasteiger partial charge in [-0.3, -0.25) is 4.79 Å². The monoisotopic (exact) mass is 500 g/mol. The van der Waals surface area contributed by atoms with E-state index in [2.05, 4.69) is 11.8 Å². The molecule has 0 N–H and O–H groups in total. The Bertz CT molecular complexity index is 1330. The van der Waals surface area contributed by atoms with Crippen LogP contribution in [0.4, 0.5) is 5.13 Å². The fourth-order valence-corrected chi connectivity index (χ4v) is 6.77. The number of sulfonamides is 1. The number of aromatic nitrogens is 1. The average molecular weight is 501 g/mol. The number of carbonyl (C=O) groups excluding carboxylic acids is 1. The van der Waals surface area contributed by atoms with Gasteiger partial charge in [0.2, 0.25) is 10.0 Å². The summed E-state index contributed by atoms with van der Waals surface area (Å²) >= 11 is 1.65. The highest BCUT2D eigenvalue weighted by Crippen LogP contribution is 2.36. The van der Waals surface area contributed by atoms with Gasteiger partial charge in [-0.1, -0.05) is 17.4 Å². The summed E-state index contributed by atoms with van der Waals surface area (Å²) in [7, 11) is -0.240. The maximum absolute atomic E-state index is 13.0. The molecule has 1 amide bonds. The first-order valence-electron chi connectivity index (χ1n) is 11.4. The lowest BCUT2D eigenvalue weighted by molar-refractivity contribution is 0.0746. The van der Waals surface area contributed by atoms with E-state index in [1.165, 1.54) is 22.0 Å². The Morgan fingerprint density at radius 3 is 2.38 bits per heavy atom. The van der Waals surface area contributed by atoms with E-state index in [-0.39, 0.29) is 16.8 Å². The Labute approximate surface area is 203 Å². The first-order chi connectivity index (χ1) is 16.3. The Hall–Kier alpha value is -2.69. The first-order valence-corrected chi connectivity index (χ1v) is 13.6. The topological polar surface area (TPSA) is 83.0 Å². The number of nitrogens with zero attached hydrogens (tertiary/aromatic N) is 4. The summed E-state index contributed by atoms with van der Waals surface area (Å²) in [4.78, 5) is 22.1. The molecule has 34 heavy (non-hydrogen) atoms. The van der Waals surface area contributed by atoms with Gasteiger partial charge in [0.25, 0.3) is 5.91 Å². The third-order valence-corrected chi connectivity index (χ3v) is 9.76. The molecule has 0 spiro atoms. The molecule has 8 nitrogen and oxygen atoms in total. The Kier molecular flexibility index (Phi) is 5.99. The minimum absolute atomic E-state index is 0.0824. The number of fused-ring (bicyclic) bond motifs is 1. The van der Waals surface area contributed by atoms with Crippen molar-refractivity contribution in [3.63, 3.8) is 0 Å². The molecule has 2 aliphatic rings. The second-order valence-electron chi connectivity index (χ2n) is 8.81. The molecule has 2 heterocycles. The highest BCUT2D eigenvalue weighted by atomic mass is 32.2. The van der Waals surface area contributed by atoms with Crippen molar-refractivity contribution in [1.29, 1.82) is 0 Å². The molecule has 180 valence electrons. The number of anilines is 1. The molecule has 2 fully saturated rings.